The number of rotatable bonds is 3. The van der Waals surface area contributed by atoms with Crippen LogP contribution in [0.15, 0.2) is 72.8 Å². The van der Waals surface area contributed by atoms with Gasteiger partial charge in [-0.1, -0.05) is 42.5 Å². The van der Waals surface area contributed by atoms with Crippen molar-refractivity contribution in [3.8, 4) is 51.7 Å². The molecule has 7 nitrogen and oxygen atoms in total. The lowest BCUT2D eigenvalue weighted by Gasteiger charge is -2.14. The average Bonchev–Trinajstić information content (AvgIpc) is 3.58. The number of benzene rings is 5. The second kappa shape index (κ2) is 10.8. The van der Waals surface area contributed by atoms with Crippen LogP contribution in [-0.2, 0) is 0 Å². The van der Waals surface area contributed by atoms with Gasteiger partial charge in [-0.25, -0.2) is 23.0 Å². The molecule has 0 amide bonds. The quantitative estimate of drug-likeness (QED) is 0.144. The Hall–Kier alpha value is -6.66. The third-order valence-electron chi connectivity index (χ3n) is 7.67. The summed E-state index contributed by atoms with van der Waals surface area (Å²) in [5, 5.41) is 30.4. The number of para-hydroxylation sites is 1. The van der Waals surface area contributed by atoms with Crippen molar-refractivity contribution in [3.63, 3.8) is 0 Å². The van der Waals surface area contributed by atoms with Gasteiger partial charge in [-0.15, -0.1) is 0 Å². The highest BCUT2D eigenvalue weighted by molar-refractivity contribution is 7.00. The van der Waals surface area contributed by atoms with E-state index in [1.54, 1.807) is 24.3 Å². The Bertz CT molecular complexity index is 2550. The summed E-state index contributed by atoms with van der Waals surface area (Å²) in [5.74, 6) is -4.35. The summed E-state index contributed by atoms with van der Waals surface area (Å²) in [6, 6.07) is 25.1. The van der Waals surface area contributed by atoms with Gasteiger partial charge >= 0.3 is 0 Å². The van der Waals surface area contributed by atoms with Gasteiger partial charge < -0.3 is 0 Å². The molecular weight excluding hydrogens is 607 g/mol. The van der Waals surface area contributed by atoms with Crippen molar-refractivity contribution in [2.24, 2.45) is 0 Å². The standard InChI is InChI=1S/C35H12F3N7S/c1-42-21-11-17(14-39)10-20(12-21)33-24-13-23(34-35(45-46-44-34)29(24)22-4-2-3-5-27(22)43-33)18-6-8-19(9-7-18)28-31(37)25(15-40)30(36)26(16-41)32(28)38/h2-13H. The summed E-state index contributed by atoms with van der Waals surface area (Å²) in [6.45, 7) is 7.55. The summed E-state index contributed by atoms with van der Waals surface area (Å²) in [7, 11) is 0. The summed E-state index contributed by atoms with van der Waals surface area (Å²) in [5.41, 5.74) is 1.94. The van der Waals surface area contributed by atoms with Crippen molar-refractivity contribution in [3.05, 3.63) is 118 Å². The van der Waals surface area contributed by atoms with E-state index in [-0.39, 0.29) is 11.3 Å². The van der Waals surface area contributed by atoms with Crippen LogP contribution >= 0.6 is 11.7 Å². The number of aromatic nitrogens is 3. The van der Waals surface area contributed by atoms with Crippen molar-refractivity contribution in [1.29, 1.82) is 15.8 Å². The van der Waals surface area contributed by atoms with Crippen molar-refractivity contribution in [1.82, 2.24) is 13.7 Å². The maximum absolute atomic E-state index is 15.1. The van der Waals surface area contributed by atoms with Gasteiger partial charge in [0.2, 0.25) is 0 Å². The molecule has 214 valence electrons. The van der Waals surface area contributed by atoms with Gasteiger partial charge in [0.05, 0.1) is 41.1 Å². The lowest BCUT2D eigenvalue weighted by Crippen LogP contribution is -2.03. The molecule has 0 N–H and O–H groups in total. The van der Waals surface area contributed by atoms with Crippen LogP contribution in [0, 0.1) is 58.0 Å². The topological polar surface area (TPSA) is 114 Å². The lowest BCUT2D eigenvalue weighted by atomic mass is 9.92. The van der Waals surface area contributed by atoms with E-state index in [0.717, 1.165) is 22.5 Å². The van der Waals surface area contributed by atoms with Gasteiger partial charge in [-0.2, -0.15) is 24.5 Å². The molecule has 0 bridgehead atoms. The Balaban J connectivity index is 1.50. The molecule has 0 saturated carbocycles. The van der Waals surface area contributed by atoms with E-state index < -0.39 is 34.1 Å². The molecule has 7 rings (SSSR count). The second-order valence-corrected chi connectivity index (χ2v) is 10.7. The number of hydrogen-bond donors (Lipinski definition) is 0. The first-order valence-electron chi connectivity index (χ1n) is 13.4. The van der Waals surface area contributed by atoms with Crippen LogP contribution in [0.2, 0.25) is 0 Å². The monoisotopic (exact) mass is 619 g/mol. The zero-order valence-corrected chi connectivity index (χ0v) is 23.9. The predicted octanol–water partition coefficient (Wildman–Crippen LogP) is 8.98. The van der Waals surface area contributed by atoms with E-state index in [1.807, 2.05) is 30.3 Å². The Morgan fingerprint density at radius 2 is 1.37 bits per heavy atom. The second-order valence-electron chi connectivity index (χ2n) is 10.1. The molecule has 5 aromatic carbocycles. The molecular formula is C35H12F3N7S. The number of nitriles is 3. The van der Waals surface area contributed by atoms with Gasteiger partial charge in [0.25, 0.3) is 0 Å². The maximum Gasteiger partial charge on any atom is 0.189 e. The molecule has 2 aromatic heterocycles. The van der Waals surface area contributed by atoms with Crippen LogP contribution in [0.1, 0.15) is 16.7 Å². The maximum atomic E-state index is 15.1. The van der Waals surface area contributed by atoms with Crippen molar-refractivity contribution in [2.75, 3.05) is 0 Å². The molecule has 46 heavy (non-hydrogen) atoms. The predicted molar refractivity (Wildman–Crippen MR) is 167 cm³/mol. The molecule has 0 aliphatic carbocycles. The SMILES string of the molecule is [C-]#[N+]c1cc(C#N)cc(-c2nc3ccccc3c3c2cc(-c2ccc(-c4c(F)c(C#N)c(F)c(C#N)c4F)cc2)c2nsnc23)c1. The third kappa shape index (κ3) is 4.20. The fourth-order valence-electron chi connectivity index (χ4n) is 5.61. The Labute approximate surface area is 262 Å². The summed E-state index contributed by atoms with van der Waals surface area (Å²) < 4.78 is 53.8. The fourth-order valence-corrected chi connectivity index (χ4v) is 6.18. The Morgan fingerprint density at radius 1 is 0.696 bits per heavy atom. The first-order chi connectivity index (χ1) is 22.4. The Morgan fingerprint density at radius 3 is 2.04 bits per heavy atom. The average molecular weight is 620 g/mol. The zero-order valence-electron chi connectivity index (χ0n) is 23.1. The first kappa shape index (κ1) is 28.1. The van der Waals surface area contributed by atoms with Gasteiger partial charge in [0, 0.05) is 27.3 Å². The zero-order chi connectivity index (χ0) is 32.1. The van der Waals surface area contributed by atoms with Crippen LogP contribution < -0.4 is 0 Å². The van der Waals surface area contributed by atoms with E-state index in [9.17, 15) is 20.2 Å². The van der Waals surface area contributed by atoms with E-state index in [2.05, 4.69) is 19.7 Å². The molecule has 0 fully saturated rings. The number of nitrogens with zero attached hydrogens (tertiary/aromatic N) is 7. The van der Waals surface area contributed by atoms with Gasteiger partial charge in [-0.3, -0.25) is 0 Å². The van der Waals surface area contributed by atoms with Gasteiger partial charge in [-0.05, 0) is 47.0 Å². The van der Waals surface area contributed by atoms with Gasteiger partial charge in [0.15, 0.2) is 23.1 Å². The molecule has 7 aromatic rings. The summed E-state index contributed by atoms with van der Waals surface area (Å²) in [4.78, 5) is 8.47. The van der Waals surface area contributed by atoms with E-state index in [1.165, 1.54) is 30.3 Å². The van der Waals surface area contributed by atoms with Crippen LogP contribution in [0.4, 0.5) is 18.9 Å². The lowest BCUT2D eigenvalue weighted by molar-refractivity contribution is 0.539. The third-order valence-corrected chi connectivity index (χ3v) is 8.20. The molecule has 0 saturated heterocycles. The molecule has 0 aliphatic heterocycles. The molecule has 2 heterocycles. The number of pyridine rings is 1. The Kier molecular flexibility index (Phi) is 6.61. The van der Waals surface area contributed by atoms with Crippen LogP contribution in [0.3, 0.4) is 0 Å². The highest BCUT2D eigenvalue weighted by Crippen LogP contribution is 2.42. The van der Waals surface area contributed by atoms with Crippen LogP contribution in [-0.4, -0.2) is 13.7 Å². The van der Waals surface area contributed by atoms with Gasteiger partial charge in [0.1, 0.15) is 34.3 Å². The van der Waals surface area contributed by atoms with Crippen molar-refractivity contribution >= 4 is 50.1 Å². The van der Waals surface area contributed by atoms with Crippen LogP contribution in [0.25, 0.3) is 71.1 Å². The first-order valence-corrected chi connectivity index (χ1v) is 14.1. The molecule has 0 aliphatic rings. The van der Waals surface area contributed by atoms with E-state index in [0.29, 0.717) is 49.9 Å². The van der Waals surface area contributed by atoms with Crippen molar-refractivity contribution < 1.29 is 13.2 Å². The number of hydrogen-bond acceptors (Lipinski definition) is 7. The van der Waals surface area contributed by atoms with Crippen LogP contribution in [0.5, 0.6) is 0 Å². The number of halogens is 3. The summed E-state index contributed by atoms with van der Waals surface area (Å²) in [6.07, 6.45) is 0. The van der Waals surface area contributed by atoms with E-state index >= 15 is 8.78 Å². The molecule has 0 unspecified atom stereocenters. The molecule has 0 atom stereocenters. The summed E-state index contributed by atoms with van der Waals surface area (Å²) >= 11 is 1.01. The fraction of sp³-hybridized carbons (Fsp3) is 0. The highest BCUT2D eigenvalue weighted by atomic mass is 32.1. The number of fused-ring (bicyclic) bond motifs is 5. The highest BCUT2D eigenvalue weighted by Gasteiger charge is 2.26. The van der Waals surface area contributed by atoms with Crippen molar-refractivity contribution in [2.45, 2.75) is 0 Å². The minimum absolute atomic E-state index is 0.00599. The van der Waals surface area contributed by atoms with E-state index in [4.69, 9.17) is 11.6 Å². The minimum Gasteiger partial charge on any atom is -0.247 e. The molecule has 0 spiro atoms. The minimum atomic E-state index is -1.55. The normalized spacial score (nSPS) is 10.8. The largest absolute Gasteiger partial charge is 0.247 e. The smallest absolute Gasteiger partial charge is 0.189 e. The molecule has 11 heteroatoms. The molecule has 0 radical (unpaired) electrons.